The lowest BCUT2D eigenvalue weighted by atomic mass is 10.1. The second kappa shape index (κ2) is 12.3. The fraction of sp³-hybridized carbons (Fsp3) is 0.310. The number of hydrazone groups is 1. The van der Waals surface area contributed by atoms with Crippen molar-refractivity contribution in [3.05, 3.63) is 87.9 Å². The van der Waals surface area contributed by atoms with Crippen molar-refractivity contribution < 1.29 is 24.1 Å². The van der Waals surface area contributed by atoms with Gasteiger partial charge in [0.05, 0.1) is 17.8 Å². The van der Waals surface area contributed by atoms with Gasteiger partial charge in [-0.2, -0.15) is 5.10 Å². The Morgan fingerprint density at radius 1 is 1.10 bits per heavy atom. The molecule has 9 nitrogen and oxygen atoms in total. The number of ether oxygens (including phenoxy) is 3. The van der Waals surface area contributed by atoms with Crippen LogP contribution in [-0.4, -0.2) is 67.7 Å². The van der Waals surface area contributed by atoms with Gasteiger partial charge in [-0.05, 0) is 73.2 Å². The maximum absolute atomic E-state index is 12.5. The van der Waals surface area contributed by atoms with Crippen molar-refractivity contribution in [2.75, 3.05) is 44.3 Å². The summed E-state index contributed by atoms with van der Waals surface area (Å²) in [5.41, 5.74) is 5.13. The number of nitrogens with one attached hydrogen (secondary N) is 1. The van der Waals surface area contributed by atoms with E-state index in [1.54, 1.807) is 41.3 Å². The van der Waals surface area contributed by atoms with Gasteiger partial charge in [-0.1, -0.05) is 29.3 Å². The number of halogens is 2. The molecule has 0 spiro atoms. The van der Waals surface area contributed by atoms with Gasteiger partial charge in [-0.25, -0.2) is 10.2 Å². The van der Waals surface area contributed by atoms with Crippen LogP contribution in [0.15, 0.2) is 71.8 Å². The number of carbonyl (C=O) groups is 1. The summed E-state index contributed by atoms with van der Waals surface area (Å²) in [6.45, 7) is 5.12. The average molecular weight is 585 g/mol. The number of piperazine rings is 1. The molecule has 2 aliphatic rings. The highest BCUT2D eigenvalue weighted by Crippen LogP contribution is 2.38. The first-order valence-corrected chi connectivity index (χ1v) is 13.7. The van der Waals surface area contributed by atoms with Crippen molar-refractivity contribution >= 4 is 41.1 Å². The maximum atomic E-state index is 12.5. The first-order chi connectivity index (χ1) is 19.3. The molecule has 210 valence electrons. The number of hydrogen-bond donors (Lipinski definition) is 2. The second-order valence-electron chi connectivity index (χ2n) is 9.67. The quantitative estimate of drug-likeness (QED) is 0.291. The number of urea groups is 1. The van der Waals surface area contributed by atoms with Crippen molar-refractivity contribution in [3.63, 3.8) is 0 Å². The van der Waals surface area contributed by atoms with E-state index < -0.39 is 5.79 Å². The number of phenolic OH excluding ortho intramolecular Hbond substituents is 1. The van der Waals surface area contributed by atoms with Gasteiger partial charge in [0, 0.05) is 42.5 Å². The van der Waals surface area contributed by atoms with E-state index in [0.29, 0.717) is 49.4 Å². The van der Waals surface area contributed by atoms with Gasteiger partial charge in [-0.3, -0.25) is 0 Å². The molecule has 2 atom stereocenters. The molecule has 0 unspecified atom stereocenters. The number of aromatic hydroxyl groups is 1. The molecule has 0 bridgehead atoms. The lowest BCUT2D eigenvalue weighted by molar-refractivity contribution is -0.164. The third kappa shape index (κ3) is 6.79. The highest BCUT2D eigenvalue weighted by atomic mass is 35.5. The first kappa shape index (κ1) is 28.0. The van der Waals surface area contributed by atoms with E-state index in [2.05, 4.69) is 15.4 Å². The van der Waals surface area contributed by atoms with Gasteiger partial charge in [0.2, 0.25) is 0 Å². The predicted octanol–water partition coefficient (Wildman–Crippen LogP) is 5.23. The summed E-state index contributed by atoms with van der Waals surface area (Å²) in [5, 5.41) is 14.4. The van der Waals surface area contributed by atoms with Crippen molar-refractivity contribution in [3.8, 4) is 11.5 Å². The first-order valence-electron chi connectivity index (χ1n) is 12.9. The molecule has 2 amide bonds. The standard InChI is InChI=1S/C29H30Cl2N4O5/c1-29(26-11-4-21(30)16-27(26)31)39-19-25(40-29)18-38-24-9-5-22(6-10-24)34-12-14-35(15-13-34)28(37)33-32-17-20-2-7-23(36)8-3-20/h2-11,16-17,25,36H,12-15,18-19H2,1H3,(H,33,37)/b32-17+/t25-,29+/m1/s1. The molecular weight excluding hydrogens is 555 g/mol. The molecule has 0 aliphatic carbocycles. The Balaban J connectivity index is 1.06. The normalized spacial score (nSPS) is 21.1. The zero-order valence-corrected chi connectivity index (χ0v) is 23.4. The van der Waals surface area contributed by atoms with Crippen LogP contribution in [0.25, 0.3) is 0 Å². The van der Waals surface area contributed by atoms with Crippen LogP contribution < -0.4 is 15.1 Å². The largest absolute Gasteiger partial charge is 0.508 e. The molecule has 3 aromatic rings. The highest BCUT2D eigenvalue weighted by molar-refractivity contribution is 6.35. The molecule has 2 heterocycles. The Bertz CT molecular complexity index is 1350. The number of amides is 2. The minimum atomic E-state index is -0.961. The second-order valence-corrected chi connectivity index (χ2v) is 10.5. The summed E-state index contributed by atoms with van der Waals surface area (Å²) in [4.78, 5) is 16.4. The van der Waals surface area contributed by atoms with E-state index in [1.807, 2.05) is 37.3 Å². The molecule has 5 rings (SSSR count). The van der Waals surface area contributed by atoms with Crippen LogP contribution in [0.2, 0.25) is 10.0 Å². The van der Waals surface area contributed by atoms with Gasteiger partial charge in [-0.15, -0.1) is 0 Å². The summed E-state index contributed by atoms with van der Waals surface area (Å²) in [7, 11) is 0. The summed E-state index contributed by atoms with van der Waals surface area (Å²) in [5.74, 6) is -0.0491. The highest BCUT2D eigenvalue weighted by Gasteiger charge is 2.40. The summed E-state index contributed by atoms with van der Waals surface area (Å²) < 4.78 is 18.0. The van der Waals surface area contributed by atoms with Crippen molar-refractivity contribution in [1.29, 1.82) is 0 Å². The molecular formula is C29H30Cl2N4O5. The van der Waals surface area contributed by atoms with Crippen molar-refractivity contribution in [2.24, 2.45) is 5.10 Å². The van der Waals surface area contributed by atoms with E-state index in [1.165, 1.54) is 6.21 Å². The van der Waals surface area contributed by atoms with E-state index >= 15 is 0 Å². The summed E-state index contributed by atoms with van der Waals surface area (Å²) >= 11 is 12.4. The molecule has 0 radical (unpaired) electrons. The van der Waals surface area contributed by atoms with E-state index in [0.717, 1.165) is 22.6 Å². The lowest BCUT2D eigenvalue weighted by Gasteiger charge is -2.35. The third-order valence-corrected chi connectivity index (χ3v) is 7.38. The number of benzene rings is 3. The van der Waals surface area contributed by atoms with Crippen LogP contribution in [0.5, 0.6) is 11.5 Å². The predicted molar refractivity (Wildman–Crippen MR) is 155 cm³/mol. The van der Waals surface area contributed by atoms with Crippen LogP contribution >= 0.6 is 23.2 Å². The topological polar surface area (TPSA) is 95.9 Å². The average Bonchev–Trinajstić information content (AvgIpc) is 3.34. The SMILES string of the molecule is C[C@]1(c2ccc(Cl)cc2Cl)OC[C@@H](COc2ccc(N3CCN(C(=O)N/N=C/c4ccc(O)cc4)CC3)cc2)O1. The number of carbonyl (C=O) groups excluding carboxylic acids is 1. The smallest absolute Gasteiger partial charge is 0.337 e. The summed E-state index contributed by atoms with van der Waals surface area (Å²) in [6, 6.07) is 19.4. The fourth-order valence-electron chi connectivity index (χ4n) is 4.62. The number of hydrogen-bond acceptors (Lipinski definition) is 7. The molecule has 11 heteroatoms. The third-order valence-electron chi connectivity index (χ3n) is 6.83. The van der Waals surface area contributed by atoms with E-state index in [-0.39, 0.29) is 17.9 Å². The molecule has 40 heavy (non-hydrogen) atoms. The Kier molecular flexibility index (Phi) is 8.66. The molecule has 2 N–H and O–H groups in total. The number of rotatable bonds is 7. The molecule has 2 saturated heterocycles. The Morgan fingerprint density at radius 3 is 2.52 bits per heavy atom. The maximum Gasteiger partial charge on any atom is 0.337 e. The molecule has 3 aromatic carbocycles. The number of anilines is 1. The van der Waals surface area contributed by atoms with Crippen LogP contribution in [0, 0.1) is 0 Å². The lowest BCUT2D eigenvalue weighted by Crippen LogP contribution is -2.51. The van der Waals surface area contributed by atoms with Crippen LogP contribution in [0.4, 0.5) is 10.5 Å². The summed E-state index contributed by atoms with van der Waals surface area (Å²) in [6.07, 6.45) is 1.29. The molecule has 2 aliphatic heterocycles. The van der Waals surface area contributed by atoms with Crippen molar-refractivity contribution in [1.82, 2.24) is 10.3 Å². The van der Waals surface area contributed by atoms with Gasteiger partial charge in [0.25, 0.3) is 0 Å². The Hall–Kier alpha value is -3.50. The van der Waals surface area contributed by atoms with Gasteiger partial charge in [0.15, 0.2) is 5.79 Å². The minimum Gasteiger partial charge on any atom is -0.508 e. The van der Waals surface area contributed by atoms with Gasteiger partial charge in [0.1, 0.15) is 24.2 Å². The molecule has 0 aromatic heterocycles. The van der Waals surface area contributed by atoms with Crippen LogP contribution in [-0.2, 0) is 15.3 Å². The van der Waals surface area contributed by atoms with Gasteiger partial charge < -0.3 is 29.1 Å². The zero-order chi connectivity index (χ0) is 28.1. The minimum absolute atomic E-state index is 0.180. The van der Waals surface area contributed by atoms with E-state index in [9.17, 15) is 9.90 Å². The molecule has 0 saturated carbocycles. The Morgan fingerprint density at radius 2 is 1.82 bits per heavy atom. The van der Waals surface area contributed by atoms with Crippen LogP contribution in [0.1, 0.15) is 18.1 Å². The van der Waals surface area contributed by atoms with Crippen LogP contribution in [0.3, 0.4) is 0 Å². The number of nitrogens with zero attached hydrogens (tertiary/aromatic N) is 3. The van der Waals surface area contributed by atoms with E-state index in [4.69, 9.17) is 37.4 Å². The zero-order valence-electron chi connectivity index (χ0n) is 21.9. The number of phenols is 1. The molecule has 2 fully saturated rings. The van der Waals surface area contributed by atoms with Gasteiger partial charge >= 0.3 is 6.03 Å². The monoisotopic (exact) mass is 584 g/mol. The Labute approximate surface area is 242 Å². The fourth-order valence-corrected chi connectivity index (χ4v) is 5.20. The van der Waals surface area contributed by atoms with Crippen molar-refractivity contribution in [2.45, 2.75) is 18.8 Å².